The van der Waals surface area contributed by atoms with Crippen molar-refractivity contribution < 1.29 is 29.2 Å². The molecule has 16 heavy (non-hydrogen) atoms. The zero-order valence-corrected chi connectivity index (χ0v) is 9.67. The Kier molecular flexibility index (Phi) is 2.98. The summed E-state index contributed by atoms with van der Waals surface area (Å²) in [7, 11) is 1.44. The van der Waals surface area contributed by atoms with E-state index in [0.717, 1.165) is 0 Å². The highest BCUT2D eigenvalue weighted by molar-refractivity contribution is 4.97. The van der Waals surface area contributed by atoms with E-state index in [1.165, 1.54) is 7.11 Å². The van der Waals surface area contributed by atoms with Crippen LogP contribution in [0.4, 0.5) is 0 Å². The summed E-state index contributed by atoms with van der Waals surface area (Å²) in [5.74, 6) is -1.91. The van der Waals surface area contributed by atoms with Gasteiger partial charge in [-0.25, -0.2) is 0 Å². The Morgan fingerprint density at radius 2 is 1.94 bits per heavy atom. The summed E-state index contributed by atoms with van der Waals surface area (Å²) in [6, 6.07) is 0. The van der Waals surface area contributed by atoms with Gasteiger partial charge in [0, 0.05) is 7.11 Å². The third-order valence-electron chi connectivity index (χ3n) is 2.93. The van der Waals surface area contributed by atoms with E-state index in [-0.39, 0.29) is 13.2 Å². The normalized spacial score (nSPS) is 47.4. The Hall–Kier alpha value is -0.240. The Labute approximate surface area is 94.1 Å². The molecule has 6 nitrogen and oxygen atoms in total. The van der Waals surface area contributed by atoms with Crippen molar-refractivity contribution in [2.24, 2.45) is 0 Å². The van der Waals surface area contributed by atoms with Gasteiger partial charge in [-0.1, -0.05) is 0 Å². The zero-order chi connectivity index (χ0) is 12.0. The maximum atomic E-state index is 9.84. The molecule has 0 saturated carbocycles. The lowest BCUT2D eigenvalue weighted by Crippen LogP contribution is -2.63. The summed E-state index contributed by atoms with van der Waals surface area (Å²) < 4.78 is 21.7. The van der Waals surface area contributed by atoms with Crippen molar-refractivity contribution in [1.29, 1.82) is 0 Å². The van der Waals surface area contributed by atoms with Crippen LogP contribution in [0, 0.1) is 0 Å². The van der Waals surface area contributed by atoms with E-state index in [1.807, 2.05) is 0 Å². The second-order valence-electron chi connectivity index (χ2n) is 4.63. The first-order valence-corrected chi connectivity index (χ1v) is 5.27. The van der Waals surface area contributed by atoms with E-state index in [0.29, 0.717) is 0 Å². The highest BCUT2D eigenvalue weighted by Gasteiger charge is 2.58. The Morgan fingerprint density at radius 3 is 2.44 bits per heavy atom. The minimum absolute atomic E-state index is 0.000463. The molecule has 2 N–H and O–H groups in total. The standard InChI is InChI=1S/C10H18O6/c1-9(2)15-5-10(16-9)8(13-3)7(12)6(11)4-14-10/h6-8,11-12H,4-5H2,1-3H3/t6-,7-,8+,10+/m1/s1. The van der Waals surface area contributed by atoms with Crippen LogP contribution in [0.5, 0.6) is 0 Å². The van der Waals surface area contributed by atoms with E-state index < -0.39 is 29.9 Å². The van der Waals surface area contributed by atoms with Gasteiger partial charge >= 0.3 is 0 Å². The fraction of sp³-hybridized carbons (Fsp3) is 1.00. The van der Waals surface area contributed by atoms with Crippen LogP contribution in [0.25, 0.3) is 0 Å². The molecule has 2 fully saturated rings. The molecule has 0 aromatic rings. The molecule has 2 aliphatic rings. The smallest absolute Gasteiger partial charge is 0.224 e. The summed E-state index contributed by atoms with van der Waals surface area (Å²) in [6.07, 6.45) is -2.78. The molecule has 4 atom stereocenters. The molecule has 0 aromatic heterocycles. The van der Waals surface area contributed by atoms with Gasteiger partial charge in [0.05, 0.1) is 6.61 Å². The minimum atomic E-state index is -1.13. The topological polar surface area (TPSA) is 77.4 Å². The monoisotopic (exact) mass is 234 g/mol. The molecule has 2 aliphatic heterocycles. The Bertz CT molecular complexity index is 268. The van der Waals surface area contributed by atoms with Gasteiger partial charge in [0.25, 0.3) is 0 Å². The largest absolute Gasteiger partial charge is 0.388 e. The van der Waals surface area contributed by atoms with Gasteiger partial charge in [0.15, 0.2) is 5.79 Å². The number of aliphatic hydroxyl groups excluding tert-OH is 2. The number of ether oxygens (including phenoxy) is 4. The second-order valence-corrected chi connectivity index (χ2v) is 4.63. The lowest BCUT2D eigenvalue weighted by atomic mass is 9.97. The number of methoxy groups -OCH3 is 1. The highest BCUT2D eigenvalue weighted by Crippen LogP contribution is 2.39. The van der Waals surface area contributed by atoms with Crippen molar-refractivity contribution in [2.45, 2.75) is 43.7 Å². The van der Waals surface area contributed by atoms with Gasteiger partial charge in [-0.05, 0) is 13.8 Å². The summed E-state index contributed by atoms with van der Waals surface area (Å²) in [5.41, 5.74) is 0. The maximum absolute atomic E-state index is 9.84. The summed E-state index contributed by atoms with van der Waals surface area (Å²) in [6.45, 7) is 3.69. The van der Waals surface area contributed by atoms with Crippen LogP contribution in [0.3, 0.4) is 0 Å². The third-order valence-corrected chi connectivity index (χ3v) is 2.93. The first-order valence-electron chi connectivity index (χ1n) is 5.27. The molecular weight excluding hydrogens is 216 g/mol. The zero-order valence-electron chi connectivity index (χ0n) is 9.67. The van der Waals surface area contributed by atoms with E-state index in [9.17, 15) is 10.2 Å². The number of aliphatic hydroxyl groups is 2. The molecule has 0 amide bonds. The van der Waals surface area contributed by atoms with Crippen LogP contribution in [0.2, 0.25) is 0 Å². The quantitative estimate of drug-likeness (QED) is 0.620. The summed E-state index contributed by atoms with van der Waals surface area (Å²) in [4.78, 5) is 0. The molecule has 0 aromatic carbocycles. The molecular formula is C10H18O6. The average Bonchev–Trinajstić information content (AvgIpc) is 2.51. The van der Waals surface area contributed by atoms with Gasteiger partial charge in [0.2, 0.25) is 5.79 Å². The Morgan fingerprint density at radius 1 is 1.25 bits per heavy atom. The average molecular weight is 234 g/mol. The first kappa shape index (κ1) is 12.2. The molecule has 0 unspecified atom stereocenters. The molecule has 0 aliphatic carbocycles. The van der Waals surface area contributed by atoms with Gasteiger partial charge < -0.3 is 29.2 Å². The second kappa shape index (κ2) is 3.90. The third kappa shape index (κ3) is 1.85. The molecule has 1 spiro atoms. The van der Waals surface area contributed by atoms with Gasteiger partial charge in [-0.2, -0.15) is 0 Å². The lowest BCUT2D eigenvalue weighted by molar-refractivity contribution is -0.341. The first-order chi connectivity index (χ1) is 7.40. The molecule has 6 heteroatoms. The Balaban J connectivity index is 2.20. The predicted molar refractivity (Wildman–Crippen MR) is 52.6 cm³/mol. The van der Waals surface area contributed by atoms with Crippen LogP contribution < -0.4 is 0 Å². The number of rotatable bonds is 1. The number of hydrogen-bond donors (Lipinski definition) is 2. The SMILES string of the molecule is CO[C@H]1[C@H](O)[C@H](O)CO[C@]12COC(C)(C)O2. The van der Waals surface area contributed by atoms with Gasteiger partial charge in [-0.3, -0.25) is 0 Å². The van der Waals surface area contributed by atoms with E-state index in [1.54, 1.807) is 13.8 Å². The van der Waals surface area contributed by atoms with Crippen molar-refractivity contribution in [2.75, 3.05) is 20.3 Å². The van der Waals surface area contributed by atoms with Crippen molar-refractivity contribution >= 4 is 0 Å². The lowest BCUT2D eigenvalue weighted by Gasteiger charge is -2.43. The summed E-state index contributed by atoms with van der Waals surface area (Å²) >= 11 is 0. The molecule has 0 bridgehead atoms. The molecule has 2 saturated heterocycles. The minimum Gasteiger partial charge on any atom is -0.388 e. The van der Waals surface area contributed by atoms with Crippen LogP contribution in [0.1, 0.15) is 13.8 Å². The van der Waals surface area contributed by atoms with E-state index in [2.05, 4.69) is 0 Å². The number of hydrogen-bond acceptors (Lipinski definition) is 6. The molecule has 2 heterocycles. The molecule has 2 rings (SSSR count). The van der Waals surface area contributed by atoms with Crippen LogP contribution in [-0.2, 0) is 18.9 Å². The fourth-order valence-corrected chi connectivity index (χ4v) is 2.15. The van der Waals surface area contributed by atoms with Crippen LogP contribution in [0.15, 0.2) is 0 Å². The van der Waals surface area contributed by atoms with Crippen LogP contribution in [-0.4, -0.2) is 60.4 Å². The fourth-order valence-electron chi connectivity index (χ4n) is 2.15. The van der Waals surface area contributed by atoms with E-state index in [4.69, 9.17) is 18.9 Å². The maximum Gasteiger partial charge on any atom is 0.224 e. The van der Waals surface area contributed by atoms with Crippen molar-refractivity contribution in [3.05, 3.63) is 0 Å². The predicted octanol–water partition coefficient (Wildman–Crippen LogP) is -0.767. The van der Waals surface area contributed by atoms with Crippen LogP contribution >= 0.6 is 0 Å². The van der Waals surface area contributed by atoms with Gasteiger partial charge in [0.1, 0.15) is 24.9 Å². The van der Waals surface area contributed by atoms with Crippen molar-refractivity contribution in [3.8, 4) is 0 Å². The van der Waals surface area contributed by atoms with E-state index >= 15 is 0 Å². The molecule has 0 radical (unpaired) electrons. The molecule has 94 valence electrons. The van der Waals surface area contributed by atoms with Crippen molar-refractivity contribution in [3.63, 3.8) is 0 Å². The highest BCUT2D eigenvalue weighted by atomic mass is 16.8. The van der Waals surface area contributed by atoms with Crippen molar-refractivity contribution in [1.82, 2.24) is 0 Å². The summed E-state index contributed by atoms with van der Waals surface area (Å²) in [5, 5.41) is 19.3. The van der Waals surface area contributed by atoms with Gasteiger partial charge in [-0.15, -0.1) is 0 Å².